The molecule has 0 N–H and O–H groups in total. The van der Waals surface area contributed by atoms with E-state index in [0.29, 0.717) is 5.56 Å². The molecule has 1 rings (SSSR count). The molecule has 0 aromatic heterocycles. The lowest BCUT2D eigenvalue weighted by molar-refractivity contribution is 0.383. The van der Waals surface area contributed by atoms with Crippen LogP contribution >= 0.6 is 0 Å². The lowest BCUT2D eigenvalue weighted by Gasteiger charge is -2.13. The number of nitriles is 1. The van der Waals surface area contributed by atoms with E-state index in [1.807, 2.05) is 0 Å². The van der Waals surface area contributed by atoms with Crippen LogP contribution in [0.3, 0.4) is 0 Å². The van der Waals surface area contributed by atoms with E-state index in [-0.39, 0.29) is 0 Å². The number of ether oxygens (including phenoxy) is 2. The van der Waals surface area contributed by atoms with Gasteiger partial charge in [0.15, 0.2) is 0 Å². The van der Waals surface area contributed by atoms with Gasteiger partial charge in [0.25, 0.3) is 0 Å². The van der Waals surface area contributed by atoms with Crippen molar-refractivity contribution in [2.75, 3.05) is 14.2 Å². The third-order valence-corrected chi connectivity index (χ3v) is 3.52. The molecule has 0 aliphatic rings. The topological polar surface area (TPSA) is 42.2 Å². The zero-order chi connectivity index (χ0) is 14.8. The first-order chi connectivity index (χ1) is 9.76. The zero-order valence-electron chi connectivity index (χ0n) is 12.9. The van der Waals surface area contributed by atoms with Crippen LogP contribution in [0.2, 0.25) is 0 Å². The lowest BCUT2D eigenvalue weighted by atomic mass is 10.0. The minimum atomic E-state index is 0.574. The molecule has 1 aromatic rings. The Morgan fingerprint density at radius 2 is 1.50 bits per heavy atom. The van der Waals surface area contributed by atoms with Crippen molar-refractivity contribution in [1.82, 2.24) is 0 Å². The monoisotopic (exact) mass is 275 g/mol. The van der Waals surface area contributed by atoms with Gasteiger partial charge in [0.05, 0.1) is 25.9 Å². The number of unbranched alkanes of at least 4 members (excludes halogenated alkanes) is 5. The summed E-state index contributed by atoms with van der Waals surface area (Å²) in [5.74, 6) is 1.52. The van der Waals surface area contributed by atoms with E-state index in [1.54, 1.807) is 26.4 Å². The Kier molecular flexibility index (Phi) is 7.57. The average Bonchev–Trinajstić information content (AvgIpc) is 2.50. The SMILES string of the molecule is CCCCCCCCc1c(OC)cc(C#N)cc1OC. The average molecular weight is 275 g/mol. The van der Waals surface area contributed by atoms with E-state index in [1.165, 1.54) is 32.1 Å². The molecule has 110 valence electrons. The summed E-state index contributed by atoms with van der Waals surface area (Å²) < 4.78 is 10.8. The third-order valence-electron chi connectivity index (χ3n) is 3.52. The molecule has 0 saturated carbocycles. The minimum Gasteiger partial charge on any atom is -0.496 e. The quantitative estimate of drug-likeness (QED) is 0.624. The van der Waals surface area contributed by atoms with Crippen molar-refractivity contribution in [3.05, 3.63) is 23.3 Å². The summed E-state index contributed by atoms with van der Waals surface area (Å²) in [6, 6.07) is 5.71. The Balaban J connectivity index is 2.66. The van der Waals surface area contributed by atoms with Crippen LogP contribution in [0.15, 0.2) is 12.1 Å². The van der Waals surface area contributed by atoms with Crippen LogP contribution in [0.5, 0.6) is 11.5 Å². The third kappa shape index (κ3) is 4.77. The Morgan fingerprint density at radius 3 is 2.00 bits per heavy atom. The van der Waals surface area contributed by atoms with E-state index in [4.69, 9.17) is 14.7 Å². The van der Waals surface area contributed by atoms with Gasteiger partial charge in [0.2, 0.25) is 0 Å². The largest absolute Gasteiger partial charge is 0.496 e. The van der Waals surface area contributed by atoms with E-state index in [0.717, 1.165) is 29.9 Å². The Labute approximate surface area is 122 Å². The second-order valence-corrected chi connectivity index (χ2v) is 4.99. The summed E-state index contributed by atoms with van der Waals surface area (Å²) in [5.41, 5.74) is 1.65. The van der Waals surface area contributed by atoms with Gasteiger partial charge in [-0.1, -0.05) is 39.0 Å². The van der Waals surface area contributed by atoms with Crippen LogP contribution in [-0.2, 0) is 6.42 Å². The van der Waals surface area contributed by atoms with Crippen molar-refractivity contribution in [2.24, 2.45) is 0 Å². The maximum Gasteiger partial charge on any atom is 0.127 e. The molecule has 0 fully saturated rings. The maximum absolute atomic E-state index is 9.00. The van der Waals surface area contributed by atoms with E-state index < -0.39 is 0 Å². The fourth-order valence-electron chi connectivity index (χ4n) is 2.38. The van der Waals surface area contributed by atoms with Gasteiger partial charge in [-0.25, -0.2) is 0 Å². The van der Waals surface area contributed by atoms with Gasteiger partial charge in [-0.2, -0.15) is 5.26 Å². The highest BCUT2D eigenvalue weighted by atomic mass is 16.5. The molecule has 3 heteroatoms. The van der Waals surface area contributed by atoms with Crippen LogP contribution < -0.4 is 9.47 Å². The molecule has 0 radical (unpaired) electrons. The number of rotatable bonds is 9. The van der Waals surface area contributed by atoms with E-state index >= 15 is 0 Å². The number of benzene rings is 1. The zero-order valence-corrected chi connectivity index (χ0v) is 12.9. The predicted molar refractivity (Wildman–Crippen MR) is 81.3 cm³/mol. The molecule has 0 bridgehead atoms. The molecule has 20 heavy (non-hydrogen) atoms. The second-order valence-electron chi connectivity index (χ2n) is 4.99. The van der Waals surface area contributed by atoms with Gasteiger partial charge in [-0.15, -0.1) is 0 Å². The molecule has 0 aliphatic heterocycles. The molecule has 3 nitrogen and oxygen atoms in total. The van der Waals surface area contributed by atoms with Gasteiger partial charge >= 0.3 is 0 Å². The molecule has 1 aromatic carbocycles. The van der Waals surface area contributed by atoms with Crippen LogP contribution in [0.4, 0.5) is 0 Å². The highest BCUT2D eigenvalue weighted by Gasteiger charge is 2.12. The fraction of sp³-hybridized carbons (Fsp3) is 0.588. The fourth-order valence-corrected chi connectivity index (χ4v) is 2.38. The Bertz CT molecular complexity index is 424. The molecular formula is C17H25NO2. The first-order valence-electron chi connectivity index (χ1n) is 7.41. The predicted octanol–water partition coefficient (Wildman–Crippen LogP) is 4.48. The molecule has 0 heterocycles. The van der Waals surface area contributed by atoms with Gasteiger partial charge in [0.1, 0.15) is 11.5 Å². The molecular weight excluding hydrogens is 250 g/mol. The van der Waals surface area contributed by atoms with Gasteiger partial charge in [-0.3, -0.25) is 0 Å². The molecule has 0 aliphatic carbocycles. The maximum atomic E-state index is 9.00. The van der Waals surface area contributed by atoms with Crippen LogP contribution in [0.1, 0.15) is 56.6 Å². The van der Waals surface area contributed by atoms with Crippen molar-refractivity contribution in [2.45, 2.75) is 51.9 Å². The van der Waals surface area contributed by atoms with E-state index in [2.05, 4.69) is 13.0 Å². The second kappa shape index (κ2) is 9.25. The number of nitrogens with zero attached hydrogens (tertiary/aromatic N) is 1. The molecule has 0 amide bonds. The number of methoxy groups -OCH3 is 2. The standard InChI is InChI=1S/C17H25NO2/c1-4-5-6-7-8-9-10-15-16(19-2)11-14(13-18)12-17(15)20-3/h11-12H,4-10H2,1-3H3. The Hall–Kier alpha value is -1.69. The molecule has 0 spiro atoms. The Morgan fingerprint density at radius 1 is 0.950 bits per heavy atom. The van der Waals surface area contributed by atoms with Crippen LogP contribution in [0.25, 0.3) is 0 Å². The van der Waals surface area contributed by atoms with Crippen molar-refractivity contribution in [3.63, 3.8) is 0 Å². The summed E-state index contributed by atoms with van der Waals surface area (Å²) in [7, 11) is 3.28. The highest BCUT2D eigenvalue weighted by molar-refractivity contribution is 5.51. The first-order valence-corrected chi connectivity index (χ1v) is 7.41. The minimum absolute atomic E-state index is 0.574. The highest BCUT2D eigenvalue weighted by Crippen LogP contribution is 2.32. The normalized spacial score (nSPS) is 10.1. The van der Waals surface area contributed by atoms with Crippen molar-refractivity contribution in [1.29, 1.82) is 5.26 Å². The molecule has 0 atom stereocenters. The van der Waals surface area contributed by atoms with Gasteiger partial charge in [0, 0.05) is 5.56 Å². The van der Waals surface area contributed by atoms with E-state index in [9.17, 15) is 0 Å². The first kappa shape index (κ1) is 16.4. The summed E-state index contributed by atoms with van der Waals surface area (Å²) in [6.45, 7) is 2.23. The van der Waals surface area contributed by atoms with Crippen molar-refractivity contribution >= 4 is 0 Å². The summed E-state index contributed by atoms with van der Waals surface area (Å²) in [6.07, 6.45) is 8.49. The molecule has 0 unspecified atom stereocenters. The van der Waals surface area contributed by atoms with Crippen molar-refractivity contribution < 1.29 is 9.47 Å². The lowest BCUT2D eigenvalue weighted by Crippen LogP contribution is -1.98. The molecule has 0 saturated heterocycles. The number of hydrogen-bond donors (Lipinski definition) is 0. The summed E-state index contributed by atoms with van der Waals surface area (Å²) >= 11 is 0. The summed E-state index contributed by atoms with van der Waals surface area (Å²) in [4.78, 5) is 0. The smallest absolute Gasteiger partial charge is 0.127 e. The van der Waals surface area contributed by atoms with Crippen LogP contribution in [-0.4, -0.2) is 14.2 Å². The van der Waals surface area contributed by atoms with Crippen LogP contribution in [0, 0.1) is 11.3 Å². The van der Waals surface area contributed by atoms with Crippen molar-refractivity contribution in [3.8, 4) is 17.6 Å². The summed E-state index contributed by atoms with van der Waals surface area (Å²) in [5, 5.41) is 9.00. The number of hydrogen-bond acceptors (Lipinski definition) is 3. The van der Waals surface area contributed by atoms with Gasteiger partial charge < -0.3 is 9.47 Å². The van der Waals surface area contributed by atoms with Gasteiger partial charge in [-0.05, 0) is 25.0 Å².